The fourth-order valence-electron chi connectivity index (χ4n) is 2.54. The van der Waals surface area contributed by atoms with Crippen molar-refractivity contribution in [1.29, 1.82) is 0 Å². The maximum atomic E-state index is 12.3. The molecule has 0 atom stereocenters. The second-order valence-electron chi connectivity index (χ2n) is 6.67. The van der Waals surface area contributed by atoms with E-state index in [4.69, 9.17) is 0 Å². The van der Waals surface area contributed by atoms with Crippen molar-refractivity contribution in [2.45, 2.75) is 20.3 Å². The van der Waals surface area contributed by atoms with Gasteiger partial charge in [-0.05, 0) is 30.2 Å². The van der Waals surface area contributed by atoms with Crippen LogP contribution in [0.5, 0.6) is 0 Å². The van der Waals surface area contributed by atoms with Crippen LogP contribution in [0.2, 0.25) is 0 Å². The van der Waals surface area contributed by atoms with Crippen LogP contribution in [0.25, 0.3) is 0 Å². The Morgan fingerprint density at radius 2 is 1.44 bits per heavy atom. The fourth-order valence-corrected chi connectivity index (χ4v) is 4.22. The highest BCUT2D eigenvalue weighted by Crippen LogP contribution is 2.22. The summed E-state index contributed by atoms with van der Waals surface area (Å²) in [5.74, 6) is -0.827. The number of anilines is 2. The SMILES string of the molecule is CC(C)CS(=O)(=O)CCC(=O)Nc1ccccc1NC(=O)c1ccccc1. The highest BCUT2D eigenvalue weighted by molar-refractivity contribution is 7.91. The largest absolute Gasteiger partial charge is 0.324 e. The molecule has 0 aliphatic heterocycles. The third-order valence-corrected chi connectivity index (χ3v) is 5.71. The number of amides is 2. The number of carbonyl (C=O) groups is 2. The van der Waals surface area contributed by atoms with Gasteiger partial charge in [-0.3, -0.25) is 9.59 Å². The second kappa shape index (κ2) is 9.32. The Balaban J connectivity index is 2.01. The van der Waals surface area contributed by atoms with Gasteiger partial charge in [-0.2, -0.15) is 0 Å². The Labute approximate surface area is 159 Å². The van der Waals surface area contributed by atoms with Crippen LogP contribution in [0.1, 0.15) is 30.6 Å². The molecular formula is C20H24N2O4S. The highest BCUT2D eigenvalue weighted by atomic mass is 32.2. The standard InChI is InChI=1S/C20H24N2O4S/c1-15(2)14-27(25,26)13-12-19(23)21-17-10-6-7-11-18(17)22-20(24)16-8-4-3-5-9-16/h3-11,15H,12-14H2,1-2H3,(H,21,23)(H,22,24). The first-order valence-electron chi connectivity index (χ1n) is 8.72. The fraction of sp³-hybridized carbons (Fsp3) is 0.300. The summed E-state index contributed by atoms with van der Waals surface area (Å²) < 4.78 is 23.9. The van der Waals surface area contributed by atoms with Crippen molar-refractivity contribution in [3.05, 3.63) is 60.2 Å². The molecule has 0 radical (unpaired) electrons. The Morgan fingerprint density at radius 1 is 0.889 bits per heavy atom. The number of carbonyl (C=O) groups excluding carboxylic acids is 2. The van der Waals surface area contributed by atoms with E-state index < -0.39 is 15.7 Å². The van der Waals surface area contributed by atoms with E-state index in [2.05, 4.69) is 10.6 Å². The van der Waals surface area contributed by atoms with Gasteiger partial charge in [0.2, 0.25) is 5.91 Å². The van der Waals surface area contributed by atoms with Crippen LogP contribution in [0, 0.1) is 5.92 Å². The van der Waals surface area contributed by atoms with Gasteiger partial charge in [-0.15, -0.1) is 0 Å². The number of hydrogen-bond acceptors (Lipinski definition) is 4. The van der Waals surface area contributed by atoms with Crippen molar-refractivity contribution in [3.8, 4) is 0 Å². The van der Waals surface area contributed by atoms with Crippen molar-refractivity contribution in [2.24, 2.45) is 5.92 Å². The number of para-hydroxylation sites is 2. The van der Waals surface area contributed by atoms with E-state index in [1.807, 2.05) is 19.9 Å². The van der Waals surface area contributed by atoms with Crippen LogP contribution in [-0.4, -0.2) is 31.7 Å². The highest BCUT2D eigenvalue weighted by Gasteiger charge is 2.16. The molecule has 6 nitrogen and oxygen atoms in total. The summed E-state index contributed by atoms with van der Waals surface area (Å²) in [5, 5.41) is 5.43. The number of sulfone groups is 1. The number of benzene rings is 2. The van der Waals surface area contributed by atoms with E-state index in [1.165, 1.54) is 0 Å². The van der Waals surface area contributed by atoms with Crippen LogP contribution in [0.3, 0.4) is 0 Å². The van der Waals surface area contributed by atoms with Crippen molar-refractivity contribution >= 4 is 33.0 Å². The molecule has 0 bridgehead atoms. The van der Waals surface area contributed by atoms with Gasteiger partial charge in [0.25, 0.3) is 5.91 Å². The van der Waals surface area contributed by atoms with Gasteiger partial charge in [-0.1, -0.05) is 44.2 Å². The molecule has 0 saturated heterocycles. The first-order valence-corrected chi connectivity index (χ1v) is 10.5. The zero-order valence-electron chi connectivity index (χ0n) is 15.4. The first kappa shape index (κ1) is 20.6. The number of nitrogens with one attached hydrogen (secondary N) is 2. The molecule has 2 rings (SSSR count). The molecular weight excluding hydrogens is 364 g/mol. The molecule has 0 aliphatic carbocycles. The van der Waals surface area contributed by atoms with Gasteiger partial charge >= 0.3 is 0 Å². The summed E-state index contributed by atoms with van der Waals surface area (Å²) in [6.45, 7) is 3.65. The van der Waals surface area contributed by atoms with E-state index in [-0.39, 0.29) is 29.8 Å². The van der Waals surface area contributed by atoms with Crippen LogP contribution >= 0.6 is 0 Å². The summed E-state index contributed by atoms with van der Waals surface area (Å²) in [5.41, 5.74) is 1.37. The van der Waals surface area contributed by atoms with Crippen molar-refractivity contribution in [1.82, 2.24) is 0 Å². The van der Waals surface area contributed by atoms with E-state index in [0.717, 1.165) is 0 Å². The molecule has 0 saturated carbocycles. The summed E-state index contributed by atoms with van der Waals surface area (Å²) in [4.78, 5) is 24.5. The molecule has 2 aromatic rings. The molecule has 2 N–H and O–H groups in total. The van der Waals surface area contributed by atoms with Crippen molar-refractivity contribution in [3.63, 3.8) is 0 Å². The quantitative estimate of drug-likeness (QED) is 0.725. The Hall–Kier alpha value is -2.67. The lowest BCUT2D eigenvalue weighted by molar-refractivity contribution is -0.115. The van der Waals surface area contributed by atoms with Gasteiger partial charge in [0.1, 0.15) is 0 Å². The first-order chi connectivity index (χ1) is 12.8. The monoisotopic (exact) mass is 388 g/mol. The topological polar surface area (TPSA) is 92.3 Å². The normalized spacial score (nSPS) is 11.2. The van der Waals surface area contributed by atoms with Crippen LogP contribution < -0.4 is 10.6 Å². The summed E-state index contributed by atoms with van der Waals surface area (Å²) in [6.07, 6.45) is -0.129. The Bertz CT molecular complexity index is 893. The van der Waals surface area contributed by atoms with Gasteiger partial charge in [-0.25, -0.2) is 8.42 Å². The van der Waals surface area contributed by atoms with Gasteiger partial charge in [0.05, 0.1) is 22.9 Å². The van der Waals surface area contributed by atoms with Crippen LogP contribution in [-0.2, 0) is 14.6 Å². The van der Waals surface area contributed by atoms with Crippen LogP contribution in [0.4, 0.5) is 11.4 Å². The predicted octanol–water partition coefficient (Wildman–Crippen LogP) is 3.34. The van der Waals surface area contributed by atoms with Gasteiger partial charge in [0, 0.05) is 12.0 Å². The molecule has 0 heterocycles. The average Bonchev–Trinajstić information content (AvgIpc) is 2.61. The average molecular weight is 388 g/mol. The summed E-state index contributed by atoms with van der Waals surface area (Å²) >= 11 is 0. The minimum atomic E-state index is -3.26. The molecule has 0 fully saturated rings. The van der Waals surface area contributed by atoms with Gasteiger partial charge in [0.15, 0.2) is 9.84 Å². The van der Waals surface area contributed by atoms with E-state index >= 15 is 0 Å². The maximum Gasteiger partial charge on any atom is 0.255 e. The molecule has 0 aliphatic rings. The molecule has 0 spiro atoms. The maximum absolute atomic E-state index is 12.3. The van der Waals surface area contributed by atoms with Gasteiger partial charge < -0.3 is 10.6 Å². The molecule has 0 unspecified atom stereocenters. The molecule has 27 heavy (non-hydrogen) atoms. The van der Waals surface area contributed by atoms with Crippen molar-refractivity contribution in [2.75, 3.05) is 22.1 Å². The smallest absolute Gasteiger partial charge is 0.255 e. The van der Waals surface area contributed by atoms with Crippen molar-refractivity contribution < 1.29 is 18.0 Å². The number of hydrogen-bond donors (Lipinski definition) is 2. The summed E-state index contributed by atoms with van der Waals surface area (Å²) in [7, 11) is -3.26. The number of rotatable bonds is 8. The zero-order chi connectivity index (χ0) is 19.9. The molecule has 144 valence electrons. The molecule has 2 aromatic carbocycles. The zero-order valence-corrected chi connectivity index (χ0v) is 16.3. The third-order valence-electron chi connectivity index (χ3n) is 3.71. The lowest BCUT2D eigenvalue weighted by atomic mass is 10.2. The Kier molecular flexibility index (Phi) is 7.12. The minimum absolute atomic E-state index is 0.0204. The lowest BCUT2D eigenvalue weighted by Gasteiger charge is -2.13. The lowest BCUT2D eigenvalue weighted by Crippen LogP contribution is -2.21. The van der Waals surface area contributed by atoms with E-state index in [1.54, 1.807) is 48.5 Å². The third kappa shape index (κ3) is 6.86. The predicted molar refractivity (Wildman–Crippen MR) is 108 cm³/mol. The van der Waals surface area contributed by atoms with Crippen LogP contribution in [0.15, 0.2) is 54.6 Å². The van der Waals surface area contributed by atoms with E-state index in [9.17, 15) is 18.0 Å². The Morgan fingerprint density at radius 3 is 2.04 bits per heavy atom. The molecule has 7 heteroatoms. The van der Waals surface area contributed by atoms with E-state index in [0.29, 0.717) is 16.9 Å². The minimum Gasteiger partial charge on any atom is -0.324 e. The molecule has 2 amide bonds. The summed E-state index contributed by atoms with van der Waals surface area (Å²) in [6, 6.07) is 15.5. The second-order valence-corrected chi connectivity index (χ2v) is 8.90. The molecule has 0 aromatic heterocycles.